The van der Waals surface area contributed by atoms with Crippen molar-refractivity contribution in [1.29, 1.82) is 0 Å². The number of hydrogen-bond acceptors (Lipinski definition) is 32. The molecule has 0 atom stereocenters. The lowest BCUT2D eigenvalue weighted by Gasteiger charge is -2.09. The molecule has 0 saturated heterocycles. The third-order valence-corrected chi connectivity index (χ3v) is 13.9. The summed E-state index contributed by atoms with van der Waals surface area (Å²) in [6, 6.07) is 3.48. The van der Waals surface area contributed by atoms with Crippen LogP contribution in [-0.4, -0.2) is 181 Å². The monoisotopic (exact) mass is 1730 g/mol. The Morgan fingerprint density at radius 3 is 1.38 bits per heavy atom. The molecule has 7 heterocycles. The van der Waals surface area contributed by atoms with E-state index in [4.69, 9.17) is 49.4 Å². The highest BCUT2D eigenvalue weighted by Gasteiger charge is 2.26. The SMILES string of the molecule is CNC(OC)OC.COC(=O)OC#CI.COc1cnc(OC)c([N+](=O)[O-])c1/C=C/N(C)C.COc1cnc(OC)c2[nH]ccc12.COc1ncc(Br)c(/C=C/N(C)C)c1[N+](=O)[O-].COc1ncc(Br)c(C)c1[N+](=O)[O-].Cc1c(Br)cnc(N)c1[N+](=O)[O-].Cc1ccnc(N)c1[N+](=O)[O-].Cl. The number of nitrogen functional groups attached to an aromatic ring is 2. The van der Waals surface area contributed by atoms with E-state index in [9.17, 15) is 55.4 Å². The van der Waals surface area contributed by atoms with Crippen LogP contribution in [0.3, 0.4) is 0 Å². The van der Waals surface area contributed by atoms with E-state index in [0.717, 1.165) is 16.7 Å². The molecule has 0 amide bonds. The van der Waals surface area contributed by atoms with Gasteiger partial charge in [0, 0.05) is 131 Å². The molecule has 0 aliphatic carbocycles. The van der Waals surface area contributed by atoms with Gasteiger partial charge in [0.25, 0.3) is 17.6 Å². The van der Waals surface area contributed by atoms with Crippen molar-refractivity contribution in [2.75, 3.05) is 111 Å². The number of H-pyrrole nitrogens is 1. The van der Waals surface area contributed by atoms with Gasteiger partial charge in [0.05, 0.1) is 96.8 Å². The average molecular weight is 1730 g/mol. The van der Waals surface area contributed by atoms with E-state index in [1.807, 2.05) is 40.5 Å². The highest BCUT2D eigenvalue weighted by molar-refractivity contribution is 14.1. The number of anilines is 2. The number of fused-ring (bicyclic) bond motifs is 1. The zero-order valence-electron chi connectivity index (χ0n) is 56.5. The Morgan fingerprint density at radius 2 is 0.990 bits per heavy atom. The lowest BCUT2D eigenvalue weighted by atomic mass is 10.2. The number of nitro groups is 5. The first-order valence-electron chi connectivity index (χ1n) is 26.9. The molecule has 0 saturated carbocycles. The van der Waals surface area contributed by atoms with Crippen molar-refractivity contribution in [2.45, 2.75) is 27.2 Å². The Bertz CT molecular complexity index is 3900. The fourth-order valence-corrected chi connectivity index (χ4v) is 7.94. The normalized spacial score (nSPS) is 9.74. The number of rotatable bonds is 18. The molecular formula is C57H72Br3ClIN17O21. The van der Waals surface area contributed by atoms with Crippen LogP contribution in [0.4, 0.5) is 44.9 Å². The zero-order chi connectivity index (χ0) is 75.8. The number of pyridine rings is 6. The number of carbonyl (C=O) groups excluding carboxylic acids is 1. The molecule has 100 heavy (non-hydrogen) atoms. The molecule has 546 valence electrons. The fourth-order valence-electron chi connectivity index (χ4n) is 6.83. The molecule has 6 N–H and O–H groups in total. The molecule has 38 nitrogen and oxygen atoms in total. The van der Waals surface area contributed by atoms with Crippen LogP contribution in [0.2, 0.25) is 0 Å². The third-order valence-electron chi connectivity index (χ3n) is 11.4. The first kappa shape index (κ1) is 92.1. The number of nitrogens with two attached hydrogens (primary N) is 2. The number of aryl methyl sites for hydroxylation is 1. The lowest BCUT2D eigenvalue weighted by molar-refractivity contribution is -0.386. The topological polar surface area (TPSA) is 489 Å². The molecule has 0 bridgehead atoms. The van der Waals surface area contributed by atoms with Gasteiger partial charge in [-0.25, -0.2) is 34.7 Å². The van der Waals surface area contributed by atoms with Gasteiger partial charge in [0.15, 0.2) is 5.75 Å². The maximum Gasteiger partial charge on any atom is 0.522 e. The second-order valence-electron chi connectivity index (χ2n) is 18.2. The zero-order valence-corrected chi connectivity index (χ0v) is 64.3. The predicted molar refractivity (Wildman–Crippen MR) is 391 cm³/mol. The number of carbonyl (C=O) groups is 1. The summed E-state index contributed by atoms with van der Waals surface area (Å²) in [4.78, 5) is 90.3. The Kier molecular flexibility index (Phi) is 44.9. The number of nitrogens with one attached hydrogen (secondary N) is 2. The number of aromatic amines is 1. The fraction of sp³-hybridized carbons (Fsp3) is 0.316. The van der Waals surface area contributed by atoms with Gasteiger partial charge >= 0.3 is 34.6 Å². The van der Waals surface area contributed by atoms with Crippen molar-refractivity contribution in [2.24, 2.45) is 0 Å². The largest absolute Gasteiger partial charge is 0.522 e. The van der Waals surface area contributed by atoms with Crippen molar-refractivity contribution in [3.8, 4) is 45.1 Å². The van der Waals surface area contributed by atoms with Gasteiger partial charge in [0.1, 0.15) is 22.9 Å². The number of halogens is 5. The van der Waals surface area contributed by atoms with Crippen molar-refractivity contribution < 1.29 is 76.8 Å². The van der Waals surface area contributed by atoms with Crippen molar-refractivity contribution in [3.05, 3.63) is 160 Å². The van der Waals surface area contributed by atoms with Crippen LogP contribution in [0.25, 0.3) is 23.1 Å². The molecule has 0 aliphatic rings. The van der Waals surface area contributed by atoms with Gasteiger partial charge in [-0.2, -0.15) is 0 Å². The molecule has 43 heteroatoms. The Balaban J connectivity index is 0. The molecule has 7 rings (SSSR count). The number of aromatic nitrogens is 7. The molecule has 7 aromatic rings. The van der Waals surface area contributed by atoms with E-state index in [2.05, 4.69) is 108 Å². The predicted octanol–water partition coefficient (Wildman–Crippen LogP) is 11.3. The van der Waals surface area contributed by atoms with E-state index in [1.165, 1.54) is 66.5 Å². The van der Waals surface area contributed by atoms with E-state index >= 15 is 0 Å². The standard InChI is InChI=1S/C11H15N3O4.C10H12BrN3O3.C9H10N2O2.C7H7BrN2O3.C6H6BrN3O2.C6H7N3O2.C4H3IO3.C4H11NO2.ClH/c1-13(2)6-5-8-9(17-3)7-12-11(18-4)10(8)14(15)16;1-13(2)5-4-7-8(11)6-12-10(17-3)9(7)14(15)16;1-12-7-5-11-9(13-2)8-6(7)3-4-10-8;1-4-5(8)3-9-7(13-2)6(4)10(11)12;1-3-4(7)2-9-6(8)5(3)10(11)12;1-4-2-3-8-6(7)5(4)9(10)11;1-7-4(6)8-3-2-5;1-5-4(6-2)7-3;/h5-7H,1-4H3;4-6H,1-3H3;3-5,10H,1-2H3;3H,1-2H3;2H,1H3,(H2,8,9);2-3H,1H3,(H2,7,8);1H3;4-5H,1-3H3;1H/b6-5+;5-4+;;;;;;;. The molecule has 0 aromatic carbocycles. The van der Waals surface area contributed by atoms with Crippen LogP contribution in [0, 0.1) is 81.4 Å². The molecule has 0 fully saturated rings. The van der Waals surface area contributed by atoms with Crippen LogP contribution in [0.15, 0.2) is 81.3 Å². The number of methoxy groups -OCH3 is 9. The molecular weight excluding hydrogens is 1660 g/mol. The van der Waals surface area contributed by atoms with Gasteiger partial charge in [-0.05, 0) is 112 Å². The van der Waals surface area contributed by atoms with Gasteiger partial charge in [0.2, 0.25) is 23.9 Å². The summed E-state index contributed by atoms with van der Waals surface area (Å²) < 4.78 is 51.5. The van der Waals surface area contributed by atoms with Gasteiger partial charge in [-0.3, -0.25) is 55.9 Å². The van der Waals surface area contributed by atoms with Gasteiger partial charge in [-0.15, -0.1) is 12.4 Å². The molecule has 0 aliphatic heterocycles. The second kappa shape index (κ2) is 48.7. The summed E-state index contributed by atoms with van der Waals surface area (Å²) in [5, 5.41) is 57.3. The van der Waals surface area contributed by atoms with Crippen molar-refractivity contribution in [3.63, 3.8) is 0 Å². The molecule has 0 spiro atoms. The number of nitrogens with zero attached hydrogens (tertiary/aromatic N) is 13. The number of ether oxygens (including phenoxy) is 10. The minimum absolute atomic E-state index is 0. The second-order valence-corrected chi connectivity index (χ2v) is 21.3. The average Bonchev–Trinajstić information content (AvgIpc) is 1.55. The molecule has 0 unspecified atom stereocenters. The first-order valence-corrected chi connectivity index (χ1v) is 30.4. The Hall–Kier alpha value is -9.91. The minimum atomic E-state index is -0.783. The third kappa shape index (κ3) is 30.1. The van der Waals surface area contributed by atoms with Crippen molar-refractivity contribution in [1.82, 2.24) is 50.0 Å². The van der Waals surface area contributed by atoms with Crippen LogP contribution in [0.5, 0.6) is 35.0 Å². The molecule has 0 radical (unpaired) electrons. The quantitative estimate of drug-likeness (QED) is 0.0155. The van der Waals surface area contributed by atoms with E-state index < -0.39 is 30.8 Å². The maximum absolute atomic E-state index is 11.1. The smallest absolute Gasteiger partial charge is 0.494 e. The van der Waals surface area contributed by atoms with Crippen molar-refractivity contribution >= 4 is 152 Å². The summed E-state index contributed by atoms with van der Waals surface area (Å²) in [5.41, 5.74) is 13.0. The Labute approximate surface area is 617 Å². The summed E-state index contributed by atoms with van der Waals surface area (Å²) in [6.45, 7) is 4.86. The van der Waals surface area contributed by atoms with E-state index in [0.29, 0.717) is 52.9 Å². The maximum atomic E-state index is 11.1. The van der Waals surface area contributed by atoms with Gasteiger partial charge < -0.3 is 73.6 Å². The minimum Gasteiger partial charge on any atom is -0.494 e. The molecule has 7 aromatic heterocycles. The van der Waals surface area contributed by atoms with Crippen LogP contribution < -0.4 is 45.2 Å². The lowest BCUT2D eigenvalue weighted by Crippen LogP contribution is -2.28. The van der Waals surface area contributed by atoms with Crippen LogP contribution >= 0.6 is 82.8 Å². The first-order chi connectivity index (χ1) is 46.7. The Morgan fingerprint density at radius 1 is 0.580 bits per heavy atom. The summed E-state index contributed by atoms with van der Waals surface area (Å²) in [7, 11) is 22.1. The highest BCUT2D eigenvalue weighted by atomic mass is 127. The summed E-state index contributed by atoms with van der Waals surface area (Å²) >= 11 is 11.3. The van der Waals surface area contributed by atoms with E-state index in [1.54, 1.807) is 125 Å². The van der Waals surface area contributed by atoms with Gasteiger partial charge in [-0.1, -0.05) is 0 Å². The summed E-state index contributed by atoms with van der Waals surface area (Å²) in [5.74, 6) is 1.55. The number of hydrogen-bond donors (Lipinski definition) is 4. The van der Waals surface area contributed by atoms with Crippen LogP contribution in [0.1, 0.15) is 27.8 Å². The van der Waals surface area contributed by atoms with Crippen LogP contribution in [-0.2, 0) is 18.9 Å². The highest BCUT2D eigenvalue weighted by Crippen LogP contribution is 2.38. The summed E-state index contributed by atoms with van der Waals surface area (Å²) in [6.07, 6.45) is 18.3. The van der Waals surface area contributed by atoms with E-state index in [-0.39, 0.29) is 76.5 Å².